The van der Waals surface area contributed by atoms with Crippen molar-refractivity contribution in [2.45, 2.75) is 39.3 Å². The summed E-state index contributed by atoms with van der Waals surface area (Å²) in [7, 11) is 0. The van der Waals surface area contributed by atoms with Crippen LogP contribution >= 0.6 is 0 Å². The minimum absolute atomic E-state index is 0.0454. The summed E-state index contributed by atoms with van der Waals surface area (Å²) in [5, 5.41) is 2.13. The zero-order valence-corrected chi connectivity index (χ0v) is 16.5. The fourth-order valence-electron chi connectivity index (χ4n) is 2.90. The number of nitrogens with zero attached hydrogens (tertiary/aromatic N) is 2. The Balaban J connectivity index is 2.21. The third kappa shape index (κ3) is 4.26. The van der Waals surface area contributed by atoms with Gasteiger partial charge in [0.15, 0.2) is 0 Å². The molecule has 0 unspecified atom stereocenters. The maximum atomic E-state index is 14.3. The molecule has 1 N–H and O–H groups in total. The van der Waals surface area contributed by atoms with E-state index >= 15 is 0 Å². The van der Waals surface area contributed by atoms with Gasteiger partial charge in [0.2, 0.25) is 0 Å². The number of carbonyl (C=O) groups is 1. The molecule has 3 aromatic rings. The van der Waals surface area contributed by atoms with Crippen molar-refractivity contribution in [1.82, 2.24) is 14.9 Å². The summed E-state index contributed by atoms with van der Waals surface area (Å²) in [5.41, 5.74) is -1.49. The van der Waals surface area contributed by atoms with Crippen LogP contribution in [-0.2, 0) is 4.74 Å². The molecule has 1 amide bonds. The van der Waals surface area contributed by atoms with Gasteiger partial charge in [0, 0.05) is 0 Å². The Hall–Kier alpha value is -3.29. The molecule has 8 heteroatoms. The second kappa shape index (κ2) is 7.62. The smallest absolute Gasteiger partial charge is 0.408 e. The van der Waals surface area contributed by atoms with Crippen LogP contribution in [0.4, 0.5) is 13.6 Å². The molecule has 0 bridgehead atoms. The van der Waals surface area contributed by atoms with E-state index in [-0.39, 0.29) is 5.82 Å². The average molecular weight is 401 g/mol. The topological polar surface area (TPSA) is 73.2 Å². The van der Waals surface area contributed by atoms with Gasteiger partial charge in [-0.2, -0.15) is 0 Å². The first-order valence-corrected chi connectivity index (χ1v) is 9.04. The van der Waals surface area contributed by atoms with Crippen molar-refractivity contribution in [3.05, 3.63) is 70.3 Å². The fourth-order valence-corrected chi connectivity index (χ4v) is 2.90. The van der Waals surface area contributed by atoms with Crippen LogP contribution in [0.1, 0.15) is 39.6 Å². The lowest BCUT2D eigenvalue weighted by Gasteiger charge is -2.23. The first-order chi connectivity index (χ1) is 13.6. The zero-order valence-electron chi connectivity index (χ0n) is 16.5. The van der Waals surface area contributed by atoms with Crippen molar-refractivity contribution in [3.63, 3.8) is 0 Å². The highest BCUT2D eigenvalue weighted by Gasteiger charge is 2.24. The largest absolute Gasteiger partial charge is 0.444 e. The minimum Gasteiger partial charge on any atom is -0.444 e. The molecule has 0 radical (unpaired) electrons. The lowest BCUT2D eigenvalue weighted by molar-refractivity contribution is 0.0505. The molecule has 3 rings (SSSR count). The number of hydrogen-bond donors (Lipinski definition) is 1. The van der Waals surface area contributed by atoms with Crippen LogP contribution < -0.4 is 10.9 Å². The highest BCUT2D eigenvalue weighted by atomic mass is 19.1. The number of halogens is 2. The average Bonchev–Trinajstić information content (AvgIpc) is 2.63. The Morgan fingerprint density at radius 1 is 1.10 bits per heavy atom. The highest BCUT2D eigenvalue weighted by molar-refractivity contribution is 5.79. The molecule has 0 aliphatic rings. The normalized spacial score (nSPS) is 12.6. The molecule has 2 aromatic carbocycles. The number of aromatic nitrogens is 2. The second-order valence-corrected chi connectivity index (χ2v) is 7.57. The summed E-state index contributed by atoms with van der Waals surface area (Å²) in [5.74, 6) is -1.66. The molecule has 1 atom stereocenters. The molecular formula is C21H21F2N3O3. The van der Waals surface area contributed by atoms with Crippen LogP contribution in [0, 0.1) is 11.6 Å². The van der Waals surface area contributed by atoms with Gasteiger partial charge in [-0.15, -0.1) is 0 Å². The Morgan fingerprint density at radius 3 is 2.34 bits per heavy atom. The molecule has 0 spiro atoms. The van der Waals surface area contributed by atoms with E-state index in [9.17, 15) is 18.4 Å². The fraction of sp³-hybridized carbons (Fsp3) is 0.286. The van der Waals surface area contributed by atoms with E-state index in [1.807, 2.05) is 0 Å². The SMILES string of the molecule is C[C@H](NC(=O)OC(C)(C)C)c1nc2c(F)ccc(F)c2c(=O)n1-c1ccccc1. The number of fused-ring (bicyclic) bond motifs is 1. The summed E-state index contributed by atoms with van der Waals surface area (Å²) in [6.45, 7) is 6.71. The van der Waals surface area contributed by atoms with Gasteiger partial charge in [-0.3, -0.25) is 9.36 Å². The predicted octanol–water partition coefficient (Wildman–Crippen LogP) is 4.25. The van der Waals surface area contributed by atoms with Crippen molar-refractivity contribution >= 4 is 17.0 Å². The van der Waals surface area contributed by atoms with Gasteiger partial charge in [0.25, 0.3) is 5.56 Å². The van der Waals surface area contributed by atoms with E-state index < -0.39 is 45.8 Å². The van der Waals surface area contributed by atoms with Crippen molar-refractivity contribution in [3.8, 4) is 5.69 Å². The van der Waals surface area contributed by atoms with Gasteiger partial charge in [0.05, 0.1) is 11.7 Å². The van der Waals surface area contributed by atoms with Crippen LogP contribution in [0.5, 0.6) is 0 Å². The molecule has 152 valence electrons. The molecule has 0 fully saturated rings. The van der Waals surface area contributed by atoms with E-state index in [1.165, 1.54) is 0 Å². The Bertz CT molecular complexity index is 1120. The summed E-state index contributed by atoms with van der Waals surface area (Å²) in [4.78, 5) is 29.5. The van der Waals surface area contributed by atoms with E-state index in [2.05, 4.69) is 10.3 Å². The summed E-state index contributed by atoms with van der Waals surface area (Å²) in [6.07, 6.45) is -0.723. The Kier molecular flexibility index (Phi) is 5.37. The second-order valence-electron chi connectivity index (χ2n) is 7.57. The van der Waals surface area contributed by atoms with Crippen LogP contribution in [-0.4, -0.2) is 21.2 Å². The molecule has 29 heavy (non-hydrogen) atoms. The highest BCUT2D eigenvalue weighted by Crippen LogP contribution is 2.22. The molecular weight excluding hydrogens is 380 g/mol. The van der Waals surface area contributed by atoms with Crippen molar-refractivity contribution in [2.75, 3.05) is 0 Å². The number of alkyl carbamates (subject to hydrolysis) is 1. The van der Waals surface area contributed by atoms with Crippen LogP contribution in [0.3, 0.4) is 0 Å². The predicted molar refractivity (Wildman–Crippen MR) is 105 cm³/mol. The lowest BCUT2D eigenvalue weighted by atomic mass is 10.2. The van der Waals surface area contributed by atoms with Gasteiger partial charge in [-0.05, 0) is 52.0 Å². The van der Waals surface area contributed by atoms with Crippen molar-refractivity contribution in [1.29, 1.82) is 0 Å². The molecule has 6 nitrogen and oxygen atoms in total. The Labute approximate surface area is 166 Å². The molecule has 0 aliphatic carbocycles. The van der Waals surface area contributed by atoms with Crippen molar-refractivity contribution < 1.29 is 18.3 Å². The van der Waals surface area contributed by atoms with E-state index in [0.717, 1.165) is 16.7 Å². The third-order valence-electron chi connectivity index (χ3n) is 4.09. The summed E-state index contributed by atoms with van der Waals surface area (Å²) >= 11 is 0. The quantitative estimate of drug-likeness (QED) is 0.712. The van der Waals surface area contributed by atoms with Gasteiger partial charge in [-0.1, -0.05) is 18.2 Å². The zero-order chi connectivity index (χ0) is 21.3. The number of ether oxygens (including phenoxy) is 1. The molecule has 0 aliphatic heterocycles. The number of nitrogens with one attached hydrogen (secondary N) is 1. The maximum Gasteiger partial charge on any atom is 0.408 e. The maximum absolute atomic E-state index is 14.3. The number of para-hydroxylation sites is 1. The molecule has 0 saturated heterocycles. The van der Waals surface area contributed by atoms with E-state index in [0.29, 0.717) is 5.69 Å². The van der Waals surface area contributed by atoms with Crippen molar-refractivity contribution in [2.24, 2.45) is 0 Å². The van der Waals surface area contributed by atoms with Crippen LogP contribution in [0.2, 0.25) is 0 Å². The summed E-state index contributed by atoms with van der Waals surface area (Å²) < 4.78 is 35.1. The van der Waals surface area contributed by atoms with E-state index in [1.54, 1.807) is 58.0 Å². The standard InChI is InChI=1S/C21H21F2N3O3/c1-12(24-20(28)29-21(2,3)4)18-25-17-15(23)11-10-14(22)16(17)19(27)26(18)13-8-6-5-7-9-13/h5-12H,1-4H3,(H,24,28)/t12-/m0/s1. The number of hydrogen-bond acceptors (Lipinski definition) is 4. The van der Waals surface area contributed by atoms with Gasteiger partial charge in [-0.25, -0.2) is 18.6 Å². The number of benzene rings is 2. The first kappa shape index (κ1) is 20.4. The first-order valence-electron chi connectivity index (χ1n) is 9.04. The number of rotatable bonds is 3. The van der Waals surface area contributed by atoms with Gasteiger partial charge in [0.1, 0.15) is 34.0 Å². The number of amides is 1. The van der Waals surface area contributed by atoms with Crippen LogP contribution in [0.25, 0.3) is 16.6 Å². The summed E-state index contributed by atoms with van der Waals surface area (Å²) in [6, 6.07) is 9.39. The van der Waals surface area contributed by atoms with E-state index in [4.69, 9.17) is 4.74 Å². The number of carbonyl (C=O) groups excluding carboxylic acids is 1. The monoisotopic (exact) mass is 401 g/mol. The lowest BCUT2D eigenvalue weighted by Crippen LogP contribution is -2.37. The molecule has 0 saturated carbocycles. The van der Waals surface area contributed by atoms with Crippen LogP contribution in [0.15, 0.2) is 47.3 Å². The Morgan fingerprint density at radius 2 is 1.72 bits per heavy atom. The molecule has 1 heterocycles. The van der Waals surface area contributed by atoms with Gasteiger partial charge < -0.3 is 10.1 Å². The minimum atomic E-state index is -0.872. The van der Waals surface area contributed by atoms with Gasteiger partial charge >= 0.3 is 6.09 Å². The third-order valence-corrected chi connectivity index (χ3v) is 4.09. The molecule has 1 aromatic heterocycles.